The lowest BCUT2D eigenvalue weighted by Crippen LogP contribution is -2.64. The highest BCUT2D eigenvalue weighted by atomic mass is 32.2. The second-order valence-corrected chi connectivity index (χ2v) is 8.00. The van der Waals surface area contributed by atoms with E-state index in [2.05, 4.69) is 63.3 Å². The van der Waals surface area contributed by atoms with Crippen LogP contribution in [0.3, 0.4) is 0 Å². The lowest BCUT2D eigenvalue weighted by molar-refractivity contribution is 0.258. The maximum Gasteiger partial charge on any atom is 0.121 e. The summed E-state index contributed by atoms with van der Waals surface area (Å²) in [6.45, 7) is 9.14. The third kappa shape index (κ3) is 2.46. The summed E-state index contributed by atoms with van der Waals surface area (Å²) in [6.07, 6.45) is 1.05. The summed E-state index contributed by atoms with van der Waals surface area (Å²) >= 11 is 1.99. The van der Waals surface area contributed by atoms with Crippen LogP contribution in [-0.4, -0.2) is 22.0 Å². The Morgan fingerprint density at radius 1 is 1.16 bits per heavy atom. The molecule has 1 aromatic carbocycles. The molecular formula is C16H22N2S. The molecule has 2 unspecified atom stereocenters. The first-order valence-electron chi connectivity index (χ1n) is 6.94. The Bertz CT molecular complexity index is 505. The molecule has 1 saturated heterocycles. The second-order valence-electron chi connectivity index (χ2n) is 6.81. The molecule has 1 aromatic rings. The van der Waals surface area contributed by atoms with E-state index in [1.54, 1.807) is 0 Å². The fraction of sp³-hybridized carbons (Fsp3) is 0.562. The number of rotatable bonds is 1. The maximum absolute atomic E-state index is 5.01. The zero-order valence-electron chi connectivity index (χ0n) is 12.1. The first kappa shape index (κ1) is 13.2. The highest BCUT2D eigenvalue weighted by Gasteiger charge is 2.47. The predicted octanol–water partition coefficient (Wildman–Crippen LogP) is 3.79. The molecule has 0 spiro atoms. The number of fused-ring (bicyclic) bond motifs is 1. The van der Waals surface area contributed by atoms with Gasteiger partial charge in [0.2, 0.25) is 0 Å². The second kappa shape index (κ2) is 4.35. The molecule has 2 aliphatic rings. The molecule has 19 heavy (non-hydrogen) atoms. The van der Waals surface area contributed by atoms with Crippen LogP contribution in [0.4, 0.5) is 0 Å². The van der Waals surface area contributed by atoms with E-state index in [1.165, 1.54) is 11.3 Å². The SMILES string of the molecule is CC1(C)CC2=NC(c3ccccc3)SC2C(C)(C)N1. The molecule has 2 aliphatic heterocycles. The van der Waals surface area contributed by atoms with Crippen LogP contribution in [0.2, 0.25) is 0 Å². The van der Waals surface area contributed by atoms with E-state index in [9.17, 15) is 0 Å². The Kier molecular flexibility index (Phi) is 3.02. The highest BCUT2D eigenvalue weighted by Crippen LogP contribution is 2.47. The summed E-state index contributed by atoms with van der Waals surface area (Å²) in [6, 6.07) is 10.6. The lowest BCUT2D eigenvalue weighted by atomic mass is 9.81. The van der Waals surface area contributed by atoms with E-state index in [4.69, 9.17) is 4.99 Å². The highest BCUT2D eigenvalue weighted by molar-refractivity contribution is 8.01. The average molecular weight is 274 g/mol. The van der Waals surface area contributed by atoms with Gasteiger partial charge in [-0.1, -0.05) is 30.3 Å². The lowest BCUT2D eigenvalue weighted by Gasteiger charge is -2.46. The smallest absolute Gasteiger partial charge is 0.121 e. The summed E-state index contributed by atoms with van der Waals surface area (Å²) < 4.78 is 0. The van der Waals surface area contributed by atoms with Gasteiger partial charge in [-0.05, 0) is 33.3 Å². The zero-order valence-corrected chi connectivity index (χ0v) is 12.9. The van der Waals surface area contributed by atoms with Crippen molar-refractivity contribution < 1.29 is 0 Å². The van der Waals surface area contributed by atoms with Gasteiger partial charge in [0.15, 0.2) is 0 Å². The number of benzene rings is 1. The normalized spacial score (nSPS) is 31.7. The fourth-order valence-electron chi connectivity index (χ4n) is 3.39. The summed E-state index contributed by atoms with van der Waals surface area (Å²) in [5.74, 6) is 0. The standard InChI is InChI=1S/C16H22N2S/c1-15(2)10-12-13(16(3,4)18-15)19-14(17-12)11-8-6-5-7-9-11/h5-9,13-14,18H,10H2,1-4H3. The predicted molar refractivity (Wildman–Crippen MR) is 83.9 cm³/mol. The van der Waals surface area contributed by atoms with Crippen LogP contribution in [0.5, 0.6) is 0 Å². The molecule has 1 N–H and O–H groups in total. The number of hydrogen-bond acceptors (Lipinski definition) is 3. The Morgan fingerprint density at radius 2 is 1.84 bits per heavy atom. The van der Waals surface area contributed by atoms with Gasteiger partial charge in [-0.15, -0.1) is 11.8 Å². The number of hydrogen-bond donors (Lipinski definition) is 1. The molecule has 0 amide bonds. The van der Waals surface area contributed by atoms with E-state index in [0.717, 1.165) is 6.42 Å². The van der Waals surface area contributed by atoms with Gasteiger partial charge in [0.25, 0.3) is 0 Å². The van der Waals surface area contributed by atoms with Crippen molar-refractivity contribution in [3.8, 4) is 0 Å². The molecule has 0 aliphatic carbocycles. The minimum atomic E-state index is 0.106. The molecular weight excluding hydrogens is 252 g/mol. The minimum absolute atomic E-state index is 0.106. The largest absolute Gasteiger partial charge is 0.305 e. The average Bonchev–Trinajstić information content (AvgIpc) is 2.72. The number of nitrogens with one attached hydrogen (secondary N) is 1. The van der Waals surface area contributed by atoms with Crippen molar-refractivity contribution in [2.24, 2.45) is 4.99 Å². The van der Waals surface area contributed by atoms with Gasteiger partial charge < -0.3 is 5.32 Å². The third-order valence-corrected chi connectivity index (χ3v) is 5.64. The van der Waals surface area contributed by atoms with Crippen molar-refractivity contribution >= 4 is 17.5 Å². The molecule has 2 heterocycles. The first-order chi connectivity index (χ1) is 8.87. The molecule has 0 saturated carbocycles. The van der Waals surface area contributed by atoms with Crippen molar-refractivity contribution in [3.63, 3.8) is 0 Å². The zero-order chi connectivity index (χ0) is 13.7. The van der Waals surface area contributed by atoms with Crippen LogP contribution < -0.4 is 5.32 Å². The van der Waals surface area contributed by atoms with Crippen LogP contribution in [-0.2, 0) is 0 Å². The fourth-order valence-corrected chi connectivity index (χ4v) is 4.86. The van der Waals surface area contributed by atoms with Gasteiger partial charge >= 0.3 is 0 Å². The van der Waals surface area contributed by atoms with E-state index >= 15 is 0 Å². The van der Waals surface area contributed by atoms with Crippen LogP contribution in [0.25, 0.3) is 0 Å². The van der Waals surface area contributed by atoms with Gasteiger partial charge in [0.1, 0.15) is 5.37 Å². The van der Waals surface area contributed by atoms with Crippen LogP contribution in [0, 0.1) is 0 Å². The minimum Gasteiger partial charge on any atom is -0.305 e. The number of aliphatic imine (C=N–C) groups is 1. The van der Waals surface area contributed by atoms with Crippen molar-refractivity contribution in [1.29, 1.82) is 0 Å². The van der Waals surface area contributed by atoms with Gasteiger partial charge in [-0.2, -0.15) is 0 Å². The van der Waals surface area contributed by atoms with E-state index in [-0.39, 0.29) is 16.5 Å². The van der Waals surface area contributed by atoms with Gasteiger partial charge in [-0.3, -0.25) is 4.99 Å². The quantitative estimate of drug-likeness (QED) is 0.842. The van der Waals surface area contributed by atoms with Gasteiger partial charge in [-0.25, -0.2) is 0 Å². The van der Waals surface area contributed by atoms with Crippen LogP contribution in [0.15, 0.2) is 35.3 Å². The molecule has 3 rings (SSSR count). The van der Waals surface area contributed by atoms with Crippen molar-refractivity contribution in [3.05, 3.63) is 35.9 Å². The molecule has 1 fully saturated rings. The van der Waals surface area contributed by atoms with Gasteiger partial charge in [0.05, 0.1) is 5.25 Å². The van der Waals surface area contributed by atoms with E-state index in [0.29, 0.717) is 5.25 Å². The monoisotopic (exact) mass is 274 g/mol. The van der Waals surface area contributed by atoms with E-state index < -0.39 is 0 Å². The molecule has 2 nitrogen and oxygen atoms in total. The Hall–Kier alpha value is -0.800. The number of nitrogens with zero attached hydrogens (tertiary/aromatic N) is 1. The van der Waals surface area contributed by atoms with Crippen molar-refractivity contribution in [2.75, 3.05) is 0 Å². The molecule has 0 bridgehead atoms. The number of thioether (sulfide) groups is 1. The summed E-state index contributed by atoms with van der Waals surface area (Å²) in [5, 5.41) is 4.54. The molecule has 102 valence electrons. The summed E-state index contributed by atoms with van der Waals surface area (Å²) in [4.78, 5) is 5.01. The maximum atomic E-state index is 5.01. The van der Waals surface area contributed by atoms with E-state index in [1.807, 2.05) is 11.8 Å². The number of piperidine rings is 1. The summed E-state index contributed by atoms with van der Waals surface area (Å²) in [7, 11) is 0. The molecule has 0 aromatic heterocycles. The molecule has 3 heteroatoms. The van der Waals surface area contributed by atoms with Crippen molar-refractivity contribution in [1.82, 2.24) is 5.32 Å². The Morgan fingerprint density at radius 3 is 2.53 bits per heavy atom. The topological polar surface area (TPSA) is 24.4 Å². The third-order valence-electron chi connectivity index (χ3n) is 3.87. The summed E-state index contributed by atoms with van der Waals surface area (Å²) in [5.41, 5.74) is 2.95. The molecule has 2 atom stereocenters. The van der Waals surface area contributed by atoms with Crippen LogP contribution >= 0.6 is 11.8 Å². The Balaban J connectivity index is 1.91. The molecule has 0 radical (unpaired) electrons. The van der Waals surface area contributed by atoms with Crippen LogP contribution in [0.1, 0.15) is 45.1 Å². The Labute approximate surface area is 120 Å². The van der Waals surface area contributed by atoms with Gasteiger partial charge in [0, 0.05) is 23.2 Å². The first-order valence-corrected chi connectivity index (χ1v) is 7.88. The van der Waals surface area contributed by atoms with Crippen molar-refractivity contribution in [2.45, 2.75) is 55.8 Å².